The van der Waals surface area contributed by atoms with Gasteiger partial charge in [0.2, 0.25) is 0 Å². The Kier molecular flexibility index (Phi) is 4.07. The lowest BCUT2D eigenvalue weighted by atomic mass is 9.77. The largest absolute Gasteiger partial charge is 0.465 e. The Balaban J connectivity index is 2.09. The van der Waals surface area contributed by atoms with Crippen molar-refractivity contribution in [2.75, 3.05) is 6.54 Å². The number of nitrogens with one attached hydrogen (secondary N) is 1. The normalized spacial score (nSPS) is 28.2. The minimum Gasteiger partial charge on any atom is -0.465 e. The number of Topliss-reactive ketones (excluding diaryl/α,β-unsaturated/α-hetero) is 1. The zero-order chi connectivity index (χ0) is 13.9. The van der Waals surface area contributed by atoms with Crippen LogP contribution in [0.1, 0.15) is 44.9 Å². The fraction of sp³-hybridized carbons (Fsp3) is 0.769. The van der Waals surface area contributed by atoms with Crippen molar-refractivity contribution in [1.29, 1.82) is 0 Å². The molecular formula is C13H19NO5. The average molecular weight is 269 g/mol. The van der Waals surface area contributed by atoms with Gasteiger partial charge in [-0.05, 0) is 18.8 Å². The highest BCUT2D eigenvalue weighted by molar-refractivity contribution is 5.98. The molecule has 0 bridgehead atoms. The van der Waals surface area contributed by atoms with Crippen molar-refractivity contribution < 1.29 is 24.2 Å². The third kappa shape index (κ3) is 3.24. The first kappa shape index (κ1) is 13.8. The maximum atomic E-state index is 11.7. The molecule has 19 heavy (non-hydrogen) atoms. The van der Waals surface area contributed by atoms with Crippen LogP contribution < -0.4 is 5.32 Å². The van der Waals surface area contributed by atoms with Crippen molar-refractivity contribution in [3.63, 3.8) is 0 Å². The SMILES string of the molecule is O=C1CC(=O)OC(CCNC(=O)O)(C2CCCC2)C1. The molecule has 1 heterocycles. The van der Waals surface area contributed by atoms with E-state index in [0.29, 0.717) is 6.42 Å². The summed E-state index contributed by atoms with van der Waals surface area (Å²) in [6.07, 6.45) is 3.37. The maximum absolute atomic E-state index is 11.7. The van der Waals surface area contributed by atoms with E-state index in [4.69, 9.17) is 9.84 Å². The number of hydrogen-bond donors (Lipinski definition) is 2. The van der Waals surface area contributed by atoms with Gasteiger partial charge in [0.15, 0.2) is 0 Å². The van der Waals surface area contributed by atoms with Crippen molar-refractivity contribution in [2.45, 2.75) is 50.5 Å². The molecule has 1 saturated heterocycles. The number of carboxylic acid groups (broad SMARTS) is 1. The number of ketones is 1. The molecule has 0 aromatic heterocycles. The number of carbonyl (C=O) groups excluding carboxylic acids is 2. The summed E-state index contributed by atoms with van der Waals surface area (Å²) >= 11 is 0. The Morgan fingerprint density at radius 3 is 2.63 bits per heavy atom. The lowest BCUT2D eigenvalue weighted by Crippen LogP contribution is -2.49. The minimum atomic E-state index is -1.10. The Hall–Kier alpha value is -1.59. The highest BCUT2D eigenvalue weighted by atomic mass is 16.6. The summed E-state index contributed by atoms with van der Waals surface area (Å²) in [6, 6.07) is 0. The number of cyclic esters (lactones) is 1. The van der Waals surface area contributed by atoms with Crippen LogP contribution in [0.3, 0.4) is 0 Å². The van der Waals surface area contributed by atoms with Crippen LogP contribution in [0.15, 0.2) is 0 Å². The second kappa shape index (κ2) is 5.59. The zero-order valence-corrected chi connectivity index (χ0v) is 10.8. The third-order valence-electron chi connectivity index (χ3n) is 4.08. The molecule has 0 spiro atoms. The van der Waals surface area contributed by atoms with E-state index in [1.54, 1.807) is 0 Å². The second-order valence-electron chi connectivity index (χ2n) is 5.39. The average Bonchev–Trinajstić information content (AvgIpc) is 2.80. The van der Waals surface area contributed by atoms with Crippen molar-refractivity contribution in [3.05, 3.63) is 0 Å². The molecule has 6 nitrogen and oxygen atoms in total. The molecule has 2 N–H and O–H groups in total. The van der Waals surface area contributed by atoms with E-state index < -0.39 is 17.7 Å². The van der Waals surface area contributed by atoms with Crippen LogP contribution in [0.2, 0.25) is 0 Å². The molecule has 2 rings (SSSR count). The molecule has 1 atom stereocenters. The number of rotatable bonds is 4. The smallest absolute Gasteiger partial charge is 0.404 e. The van der Waals surface area contributed by atoms with Gasteiger partial charge in [-0.25, -0.2) is 4.79 Å². The van der Waals surface area contributed by atoms with Crippen molar-refractivity contribution >= 4 is 17.8 Å². The summed E-state index contributed by atoms with van der Waals surface area (Å²) in [7, 11) is 0. The summed E-state index contributed by atoms with van der Waals surface area (Å²) in [5.74, 6) is -0.395. The van der Waals surface area contributed by atoms with Crippen molar-refractivity contribution in [1.82, 2.24) is 5.32 Å². The number of hydrogen-bond acceptors (Lipinski definition) is 4. The van der Waals surface area contributed by atoms with Gasteiger partial charge in [0.1, 0.15) is 17.8 Å². The van der Waals surface area contributed by atoms with Crippen LogP contribution in [0, 0.1) is 5.92 Å². The van der Waals surface area contributed by atoms with E-state index in [1.807, 2.05) is 0 Å². The Morgan fingerprint density at radius 1 is 1.37 bits per heavy atom. The quantitative estimate of drug-likeness (QED) is 0.595. The van der Waals surface area contributed by atoms with Gasteiger partial charge in [0.05, 0.1) is 0 Å². The number of esters is 1. The standard InChI is InChI=1S/C13H19NO5/c15-10-7-11(16)19-13(8-10,5-6-14-12(17)18)9-3-1-2-4-9/h9,14H,1-8H2,(H,17,18). The van der Waals surface area contributed by atoms with E-state index in [2.05, 4.69) is 5.32 Å². The molecule has 0 aromatic rings. The van der Waals surface area contributed by atoms with Gasteiger partial charge in [-0.15, -0.1) is 0 Å². The molecule has 1 saturated carbocycles. The summed E-state index contributed by atoms with van der Waals surface area (Å²) in [4.78, 5) is 33.8. The number of carbonyl (C=O) groups is 3. The topological polar surface area (TPSA) is 92.7 Å². The van der Waals surface area contributed by atoms with Crippen LogP contribution in [-0.2, 0) is 14.3 Å². The third-order valence-corrected chi connectivity index (χ3v) is 4.08. The molecule has 0 radical (unpaired) electrons. The summed E-state index contributed by atoms with van der Waals surface area (Å²) in [5.41, 5.74) is -0.786. The lowest BCUT2D eigenvalue weighted by molar-refractivity contribution is -0.178. The molecule has 1 amide bonds. The van der Waals surface area contributed by atoms with Gasteiger partial charge >= 0.3 is 12.1 Å². The summed E-state index contributed by atoms with van der Waals surface area (Å²) in [6.45, 7) is 0.201. The molecule has 1 aliphatic heterocycles. The summed E-state index contributed by atoms with van der Waals surface area (Å²) in [5, 5.41) is 10.9. The molecule has 2 aliphatic rings. The molecule has 6 heteroatoms. The highest BCUT2D eigenvalue weighted by Gasteiger charge is 2.47. The first-order valence-corrected chi connectivity index (χ1v) is 6.72. The Labute approximate surface area is 111 Å². The zero-order valence-electron chi connectivity index (χ0n) is 10.8. The van der Waals surface area contributed by atoms with E-state index in [-0.39, 0.29) is 31.1 Å². The van der Waals surface area contributed by atoms with Crippen molar-refractivity contribution in [2.24, 2.45) is 5.92 Å². The molecule has 0 aromatic carbocycles. The predicted octanol–water partition coefficient (Wildman–Crippen LogP) is 1.48. The molecule has 106 valence electrons. The van der Waals surface area contributed by atoms with E-state index in [0.717, 1.165) is 25.7 Å². The first-order chi connectivity index (χ1) is 9.02. The predicted molar refractivity (Wildman–Crippen MR) is 65.7 cm³/mol. The Bertz CT molecular complexity index is 370. The lowest BCUT2D eigenvalue weighted by Gasteiger charge is -2.40. The van der Waals surface area contributed by atoms with Crippen LogP contribution in [0.25, 0.3) is 0 Å². The maximum Gasteiger partial charge on any atom is 0.404 e. The van der Waals surface area contributed by atoms with E-state index >= 15 is 0 Å². The fourth-order valence-electron chi connectivity index (χ4n) is 3.26. The Morgan fingerprint density at radius 2 is 2.05 bits per heavy atom. The fourth-order valence-corrected chi connectivity index (χ4v) is 3.26. The van der Waals surface area contributed by atoms with Crippen molar-refractivity contribution in [3.8, 4) is 0 Å². The number of ether oxygens (including phenoxy) is 1. The summed E-state index contributed by atoms with van der Waals surface area (Å²) < 4.78 is 5.52. The molecular weight excluding hydrogens is 250 g/mol. The van der Waals surface area contributed by atoms with E-state index in [9.17, 15) is 14.4 Å². The van der Waals surface area contributed by atoms with Gasteiger partial charge in [-0.2, -0.15) is 0 Å². The number of amides is 1. The van der Waals surface area contributed by atoms with Gasteiger partial charge in [-0.3, -0.25) is 9.59 Å². The van der Waals surface area contributed by atoms with Crippen LogP contribution in [0.4, 0.5) is 4.79 Å². The minimum absolute atomic E-state index is 0.0986. The van der Waals surface area contributed by atoms with Gasteiger partial charge in [-0.1, -0.05) is 12.8 Å². The highest BCUT2D eigenvalue weighted by Crippen LogP contribution is 2.43. The van der Waals surface area contributed by atoms with Gasteiger partial charge < -0.3 is 15.2 Å². The molecule has 1 aliphatic carbocycles. The van der Waals surface area contributed by atoms with E-state index in [1.165, 1.54) is 0 Å². The van der Waals surface area contributed by atoms with Crippen LogP contribution in [0.5, 0.6) is 0 Å². The van der Waals surface area contributed by atoms with Gasteiger partial charge in [0, 0.05) is 19.4 Å². The monoisotopic (exact) mass is 269 g/mol. The van der Waals surface area contributed by atoms with Crippen LogP contribution in [-0.4, -0.2) is 35.1 Å². The van der Waals surface area contributed by atoms with Crippen LogP contribution >= 0.6 is 0 Å². The molecule has 1 unspecified atom stereocenters. The van der Waals surface area contributed by atoms with Gasteiger partial charge in [0.25, 0.3) is 0 Å². The second-order valence-corrected chi connectivity index (χ2v) is 5.39. The first-order valence-electron chi connectivity index (χ1n) is 6.72. The molecule has 2 fully saturated rings.